The van der Waals surface area contributed by atoms with E-state index < -0.39 is 0 Å². The van der Waals surface area contributed by atoms with Gasteiger partial charge >= 0.3 is 0 Å². The Morgan fingerprint density at radius 2 is 1.86 bits per heavy atom. The van der Waals surface area contributed by atoms with Gasteiger partial charge in [-0.25, -0.2) is 0 Å². The molecular formula is C10H12Br2O2. The van der Waals surface area contributed by atoms with E-state index in [9.17, 15) is 0 Å². The van der Waals surface area contributed by atoms with E-state index in [1.165, 1.54) is 0 Å². The zero-order valence-corrected chi connectivity index (χ0v) is 11.3. The molecule has 78 valence electrons. The van der Waals surface area contributed by atoms with Crippen molar-refractivity contribution in [2.24, 2.45) is 0 Å². The van der Waals surface area contributed by atoms with Gasteiger partial charge in [0.25, 0.3) is 0 Å². The number of benzene rings is 1. The number of para-hydroxylation sites is 1. The van der Waals surface area contributed by atoms with Crippen LogP contribution in [0.4, 0.5) is 0 Å². The molecule has 1 aromatic rings. The Balaban J connectivity index is 2.75. The Morgan fingerprint density at radius 1 is 1.29 bits per heavy atom. The van der Waals surface area contributed by atoms with Crippen molar-refractivity contribution < 1.29 is 9.47 Å². The maximum Gasteiger partial charge on any atom is 0.197 e. The molecule has 0 aliphatic heterocycles. The summed E-state index contributed by atoms with van der Waals surface area (Å²) in [6, 6.07) is 5.80. The highest BCUT2D eigenvalue weighted by Gasteiger charge is 2.09. The van der Waals surface area contributed by atoms with E-state index in [-0.39, 0.29) is 6.29 Å². The second-order valence-electron chi connectivity index (χ2n) is 2.69. The van der Waals surface area contributed by atoms with Gasteiger partial charge in [-0.15, -0.1) is 0 Å². The van der Waals surface area contributed by atoms with Crippen molar-refractivity contribution in [3.8, 4) is 5.75 Å². The molecule has 1 aromatic carbocycles. The third kappa shape index (κ3) is 3.26. The Kier molecular flexibility index (Phi) is 4.92. The molecule has 0 saturated heterocycles. The third-order valence-electron chi connectivity index (χ3n) is 1.60. The van der Waals surface area contributed by atoms with E-state index in [0.717, 1.165) is 14.7 Å². The molecule has 14 heavy (non-hydrogen) atoms. The minimum Gasteiger partial charge on any atom is -0.463 e. The van der Waals surface area contributed by atoms with Crippen LogP contribution in [-0.2, 0) is 4.74 Å². The van der Waals surface area contributed by atoms with Gasteiger partial charge in [0.05, 0.1) is 8.95 Å². The topological polar surface area (TPSA) is 18.5 Å². The average Bonchev–Trinajstić information content (AvgIpc) is 2.12. The molecule has 0 saturated carbocycles. The fraction of sp³-hybridized carbons (Fsp3) is 0.400. The number of rotatable bonds is 4. The van der Waals surface area contributed by atoms with Crippen LogP contribution in [0.5, 0.6) is 5.75 Å². The summed E-state index contributed by atoms with van der Waals surface area (Å²) in [5.74, 6) is 0.772. The first kappa shape index (κ1) is 12.0. The van der Waals surface area contributed by atoms with Gasteiger partial charge in [-0.05, 0) is 57.8 Å². The van der Waals surface area contributed by atoms with E-state index >= 15 is 0 Å². The van der Waals surface area contributed by atoms with Gasteiger partial charge in [0, 0.05) is 6.61 Å². The molecule has 1 rings (SSSR count). The van der Waals surface area contributed by atoms with E-state index in [4.69, 9.17) is 9.47 Å². The van der Waals surface area contributed by atoms with Gasteiger partial charge in [-0.3, -0.25) is 0 Å². The lowest BCUT2D eigenvalue weighted by Gasteiger charge is -2.16. The SMILES string of the molecule is CCOC(C)Oc1c(Br)cccc1Br. The van der Waals surface area contributed by atoms with Crippen LogP contribution in [0.25, 0.3) is 0 Å². The molecule has 4 heteroatoms. The fourth-order valence-electron chi connectivity index (χ4n) is 1.03. The molecule has 0 aliphatic carbocycles. The highest BCUT2D eigenvalue weighted by molar-refractivity contribution is 9.11. The van der Waals surface area contributed by atoms with Crippen LogP contribution in [0, 0.1) is 0 Å². The molecule has 0 spiro atoms. The van der Waals surface area contributed by atoms with Gasteiger partial charge in [0.1, 0.15) is 0 Å². The summed E-state index contributed by atoms with van der Waals surface area (Å²) < 4.78 is 12.7. The Bertz CT molecular complexity index is 282. The molecule has 1 atom stereocenters. The maximum absolute atomic E-state index is 5.60. The lowest BCUT2D eigenvalue weighted by Crippen LogP contribution is -2.16. The van der Waals surface area contributed by atoms with Gasteiger partial charge in [0.2, 0.25) is 0 Å². The summed E-state index contributed by atoms with van der Waals surface area (Å²) in [6.45, 7) is 4.45. The molecule has 0 fully saturated rings. The highest BCUT2D eigenvalue weighted by Crippen LogP contribution is 2.33. The van der Waals surface area contributed by atoms with Gasteiger partial charge < -0.3 is 9.47 Å². The second kappa shape index (κ2) is 5.73. The van der Waals surface area contributed by atoms with E-state index in [2.05, 4.69) is 31.9 Å². The Labute approximate surface area is 101 Å². The molecule has 0 heterocycles. The van der Waals surface area contributed by atoms with Crippen molar-refractivity contribution in [1.82, 2.24) is 0 Å². The first-order valence-electron chi connectivity index (χ1n) is 4.37. The quantitative estimate of drug-likeness (QED) is 0.780. The smallest absolute Gasteiger partial charge is 0.197 e. The van der Waals surface area contributed by atoms with Crippen LogP contribution in [0.3, 0.4) is 0 Å². The molecule has 0 radical (unpaired) electrons. The molecule has 0 bridgehead atoms. The van der Waals surface area contributed by atoms with Crippen LogP contribution < -0.4 is 4.74 Å². The highest BCUT2D eigenvalue weighted by atomic mass is 79.9. The zero-order chi connectivity index (χ0) is 10.6. The second-order valence-corrected chi connectivity index (χ2v) is 4.40. The van der Waals surface area contributed by atoms with E-state index in [1.54, 1.807) is 0 Å². The largest absolute Gasteiger partial charge is 0.463 e. The number of halogens is 2. The predicted octanol–water partition coefficient (Wildman–Crippen LogP) is 3.97. The average molecular weight is 324 g/mol. The Morgan fingerprint density at radius 3 is 2.36 bits per heavy atom. The minimum absolute atomic E-state index is 0.241. The Hall–Kier alpha value is -0.0600. The van der Waals surface area contributed by atoms with Crippen LogP contribution in [0.15, 0.2) is 27.1 Å². The monoisotopic (exact) mass is 322 g/mol. The van der Waals surface area contributed by atoms with Crippen molar-refractivity contribution in [3.63, 3.8) is 0 Å². The van der Waals surface area contributed by atoms with Gasteiger partial charge in [-0.2, -0.15) is 0 Å². The van der Waals surface area contributed by atoms with Crippen molar-refractivity contribution >= 4 is 31.9 Å². The van der Waals surface area contributed by atoms with Crippen LogP contribution in [-0.4, -0.2) is 12.9 Å². The van der Waals surface area contributed by atoms with Crippen molar-refractivity contribution in [2.45, 2.75) is 20.1 Å². The van der Waals surface area contributed by atoms with Gasteiger partial charge in [0.15, 0.2) is 12.0 Å². The molecule has 0 amide bonds. The molecule has 0 aliphatic rings. The van der Waals surface area contributed by atoms with Crippen molar-refractivity contribution in [2.75, 3.05) is 6.61 Å². The fourth-order valence-corrected chi connectivity index (χ4v) is 2.22. The molecule has 0 N–H and O–H groups in total. The van der Waals surface area contributed by atoms with Crippen molar-refractivity contribution in [1.29, 1.82) is 0 Å². The van der Waals surface area contributed by atoms with Gasteiger partial charge in [-0.1, -0.05) is 6.07 Å². The van der Waals surface area contributed by atoms with Crippen molar-refractivity contribution in [3.05, 3.63) is 27.1 Å². The molecule has 2 nitrogen and oxygen atoms in total. The molecule has 0 aromatic heterocycles. The summed E-state index contributed by atoms with van der Waals surface area (Å²) in [6.07, 6.45) is -0.241. The summed E-state index contributed by atoms with van der Waals surface area (Å²) in [5, 5.41) is 0. The summed E-state index contributed by atoms with van der Waals surface area (Å²) in [4.78, 5) is 0. The summed E-state index contributed by atoms with van der Waals surface area (Å²) >= 11 is 6.83. The maximum atomic E-state index is 5.60. The normalized spacial score (nSPS) is 12.6. The number of ether oxygens (including phenoxy) is 2. The standard InChI is InChI=1S/C10H12Br2O2/c1-3-13-7(2)14-10-8(11)5-4-6-9(10)12/h4-7H,3H2,1-2H3. The zero-order valence-electron chi connectivity index (χ0n) is 8.09. The number of hydrogen-bond donors (Lipinski definition) is 0. The molecule has 1 unspecified atom stereocenters. The lowest BCUT2D eigenvalue weighted by molar-refractivity contribution is -0.0621. The summed E-state index contributed by atoms with van der Waals surface area (Å²) in [5.41, 5.74) is 0. The molecular weight excluding hydrogens is 312 g/mol. The first-order chi connectivity index (χ1) is 6.65. The van der Waals surface area contributed by atoms with E-state index in [0.29, 0.717) is 6.61 Å². The lowest BCUT2D eigenvalue weighted by atomic mass is 10.3. The van der Waals surface area contributed by atoms with Crippen LogP contribution >= 0.6 is 31.9 Å². The summed E-state index contributed by atoms with van der Waals surface area (Å²) in [7, 11) is 0. The van der Waals surface area contributed by atoms with Crippen LogP contribution in [0.1, 0.15) is 13.8 Å². The third-order valence-corrected chi connectivity index (χ3v) is 2.85. The minimum atomic E-state index is -0.241. The predicted molar refractivity (Wildman–Crippen MR) is 63.6 cm³/mol. The first-order valence-corrected chi connectivity index (χ1v) is 5.96. The number of hydrogen-bond acceptors (Lipinski definition) is 2. The van der Waals surface area contributed by atoms with Crippen LogP contribution in [0.2, 0.25) is 0 Å². The van der Waals surface area contributed by atoms with E-state index in [1.807, 2.05) is 32.0 Å².